The third-order valence-corrected chi connectivity index (χ3v) is 5.69. The summed E-state index contributed by atoms with van der Waals surface area (Å²) in [6.45, 7) is 8.58. The van der Waals surface area contributed by atoms with E-state index in [4.69, 9.17) is 9.47 Å². The van der Waals surface area contributed by atoms with Crippen LogP contribution in [0.25, 0.3) is 0 Å². The average molecular weight is 369 g/mol. The number of benzene rings is 2. The van der Waals surface area contributed by atoms with E-state index in [1.54, 1.807) is 7.11 Å². The van der Waals surface area contributed by atoms with Crippen molar-refractivity contribution in [3.05, 3.63) is 65.7 Å². The Hall–Kier alpha value is -2.29. The van der Waals surface area contributed by atoms with Crippen molar-refractivity contribution in [3.63, 3.8) is 0 Å². The molecule has 0 radical (unpaired) electrons. The molecule has 0 bridgehead atoms. The molecule has 2 unspecified atom stereocenters. The van der Waals surface area contributed by atoms with E-state index in [0.29, 0.717) is 13.0 Å². The number of hydrogen-bond donors (Lipinski definition) is 0. The second-order valence-corrected chi connectivity index (χ2v) is 7.25. The summed E-state index contributed by atoms with van der Waals surface area (Å²) < 4.78 is 11.3. The summed E-state index contributed by atoms with van der Waals surface area (Å²) in [6.07, 6.45) is 1.46. The highest BCUT2D eigenvalue weighted by molar-refractivity contribution is 5.79. The molecule has 3 nitrogen and oxygen atoms in total. The lowest BCUT2D eigenvalue weighted by atomic mass is 9.61. The van der Waals surface area contributed by atoms with Crippen molar-refractivity contribution in [1.29, 1.82) is 0 Å². The molecule has 3 heteroatoms. The maximum Gasteiger partial charge on any atom is 0.312 e. The van der Waals surface area contributed by atoms with E-state index in [1.165, 1.54) is 5.56 Å². The molecule has 146 valence electrons. The molecule has 0 aliphatic heterocycles. The van der Waals surface area contributed by atoms with Gasteiger partial charge < -0.3 is 9.47 Å². The standard InChI is InChI=1S/C24H32O3/c1-6-24(18(3)4,23(25)27-7-2)21(17-19-13-9-8-10-14-19)20-15-11-12-16-22(20)26-5/h8-16,18,21H,6-7,17H2,1-5H3. The Balaban J connectivity index is 2.66. The minimum Gasteiger partial charge on any atom is -0.496 e. The van der Waals surface area contributed by atoms with Gasteiger partial charge in [-0.05, 0) is 42.9 Å². The smallest absolute Gasteiger partial charge is 0.312 e. The molecule has 0 fully saturated rings. The third kappa shape index (κ3) is 4.35. The number of methoxy groups -OCH3 is 1. The lowest BCUT2D eigenvalue weighted by molar-refractivity contribution is -0.161. The summed E-state index contributed by atoms with van der Waals surface area (Å²) in [7, 11) is 1.69. The van der Waals surface area contributed by atoms with Gasteiger partial charge in [-0.25, -0.2) is 0 Å². The fraction of sp³-hybridized carbons (Fsp3) is 0.458. The van der Waals surface area contributed by atoms with Gasteiger partial charge in [0.15, 0.2) is 0 Å². The Morgan fingerprint density at radius 3 is 2.19 bits per heavy atom. The first-order chi connectivity index (χ1) is 13.0. The van der Waals surface area contributed by atoms with Gasteiger partial charge in [-0.1, -0.05) is 69.3 Å². The first-order valence-corrected chi connectivity index (χ1v) is 9.85. The Morgan fingerprint density at radius 2 is 1.63 bits per heavy atom. The van der Waals surface area contributed by atoms with Gasteiger partial charge in [-0.2, -0.15) is 0 Å². The number of ether oxygens (including phenoxy) is 2. The SMILES string of the molecule is CCOC(=O)C(CC)(C(C)C)C(Cc1ccccc1)c1ccccc1OC. The number of hydrogen-bond acceptors (Lipinski definition) is 3. The lowest BCUT2D eigenvalue weighted by Crippen LogP contribution is -2.44. The van der Waals surface area contributed by atoms with Crippen molar-refractivity contribution < 1.29 is 14.3 Å². The second-order valence-electron chi connectivity index (χ2n) is 7.25. The van der Waals surface area contributed by atoms with Crippen molar-refractivity contribution >= 4 is 5.97 Å². The Kier molecular flexibility index (Phi) is 7.46. The predicted octanol–water partition coefficient (Wildman–Crippen LogP) is 5.64. The fourth-order valence-electron chi connectivity index (χ4n) is 4.22. The van der Waals surface area contributed by atoms with Crippen LogP contribution in [-0.4, -0.2) is 19.7 Å². The highest BCUT2D eigenvalue weighted by Crippen LogP contribution is 2.50. The molecule has 2 atom stereocenters. The molecule has 0 N–H and O–H groups in total. The van der Waals surface area contributed by atoms with Gasteiger partial charge in [0.2, 0.25) is 0 Å². The average Bonchev–Trinajstić information content (AvgIpc) is 2.69. The Morgan fingerprint density at radius 1 is 1.00 bits per heavy atom. The van der Waals surface area contributed by atoms with Gasteiger partial charge in [0.05, 0.1) is 19.1 Å². The Labute approximate surface area is 163 Å². The maximum absolute atomic E-state index is 13.3. The first kappa shape index (κ1) is 21.0. The molecule has 2 rings (SSSR count). The molecule has 0 aromatic heterocycles. The van der Waals surface area contributed by atoms with Crippen LogP contribution in [0.3, 0.4) is 0 Å². The summed E-state index contributed by atoms with van der Waals surface area (Å²) in [6, 6.07) is 18.4. The minimum absolute atomic E-state index is 0.0416. The van der Waals surface area contributed by atoms with Gasteiger partial charge in [0, 0.05) is 5.92 Å². The van der Waals surface area contributed by atoms with Crippen molar-refractivity contribution in [2.75, 3.05) is 13.7 Å². The van der Waals surface area contributed by atoms with E-state index >= 15 is 0 Å². The highest BCUT2D eigenvalue weighted by atomic mass is 16.5. The largest absolute Gasteiger partial charge is 0.496 e. The Bertz CT molecular complexity index is 723. The number of esters is 1. The van der Waals surface area contributed by atoms with Crippen molar-refractivity contribution in [2.45, 2.75) is 46.5 Å². The molecule has 0 aliphatic carbocycles. The zero-order chi connectivity index (χ0) is 19.9. The zero-order valence-corrected chi connectivity index (χ0v) is 17.2. The van der Waals surface area contributed by atoms with E-state index in [-0.39, 0.29) is 17.8 Å². The molecule has 0 saturated heterocycles. The van der Waals surface area contributed by atoms with Crippen molar-refractivity contribution in [3.8, 4) is 5.75 Å². The third-order valence-electron chi connectivity index (χ3n) is 5.69. The van der Waals surface area contributed by atoms with Crippen LogP contribution in [0.5, 0.6) is 5.75 Å². The predicted molar refractivity (Wildman–Crippen MR) is 110 cm³/mol. The van der Waals surface area contributed by atoms with E-state index in [1.807, 2.05) is 43.3 Å². The van der Waals surface area contributed by atoms with Gasteiger partial charge in [-0.3, -0.25) is 4.79 Å². The van der Waals surface area contributed by atoms with Crippen LogP contribution in [0.4, 0.5) is 0 Å². The molecule has 0 heterocycles. The molecule has 0 aliphatic rings. The van der Waals surface area contributed by atoms with Crippen LogP contribution in [0.15, 0.2) is 54.6 Å². The van der Waals surface area contributed by atoms with Crippen LogP contribution in [0.2, 0.25) is 0 Å². The number of rotatable bonds is 9. The minimum atomic E-state index is -0.625. The summed E-state index contributed by atoms with van der Waals surface area (Å²) in [4.78, 5) is 13.3. The van der Waals surface area contributed by atoms with Gasteiger partial charge in [-0.15, -0.1) is 0 Å². The van der Waals surface area contributed by atoms with Crippen LogP contribution >= 0.6 is 0 Å². The summed E-state index contributed by atoms with van der Waals surface area (Å²) in [5.74, 6) is 0.788. The van der Waals surface area contributed by atoms with Gasteiger partial charge >= 0.3 is 5.97 Å². The molecule has 2 aromatic rings. The molecule has 0 spiro atoms. The van der Waals surface area contributed by atoms with Crippen LogP contribution < -0.4 is 4.74 Å². The number of carbonyl (C=O) groups is 1. The number of para-hydroxylation sites is 1. The monoisotopic (exact) mass is 368 g/mol. The summed E-state index contributed by atoms with van der Waals surface area (Å²) in [5.41, 5.74) is 1.64. The van der Waals surface area contributed by atoms with Crippen LogP contribution in [0.1, 0.15) is 51.2 Å². The van der Waals surface area contributed by atoms with Gasteiger partial charge in [0.25, 0.3) is 0 Å². The quantitative estimate of drug-likeness (QED) is 0.538. The number of carbonyl (C=O) groups excluding carboxylic acids is 1. The van der Waals surface area contributed by atoms with E-state index in [2.05, 4.69) is 39.0 Å². The topological polar surface area (TPSA) is 35.5 Å². The van der Waals surface area contributed by atoms with Gasteiger partial charge in [0.1, 0.15) is 5.75 Å². The summed E-state index contributed by atoms with van der Waals surface area (Å²) >= 11 is 0. The molecule has 27 heavy (non-hydrogen) atoms. The molecular weight excluding hydrogens is 336 g/mol. The highest BCUT2D eigenvalue weighted by Gasteiger charge is 2.49. The summed E-state index contributed by atoms with van der Waals surface area (Å²) in [5, 5.41) is 0. The molecule has 2 aromatic carbocycles. The van der Waals surface area contributed by atoms with E-state index in [0.717, 1.165) is 17.7 Å². The fourth-order valence-corrected chi connectivity index (χ4v) is 4.22. The normalized spacial score (nSPS) is 14.4. The van der Waals surface area contributed by atoms with Crippen LogP contribution in [-0.2, 0) is 16.0 Å². The molecule has 0 amide bonds. The van der Waals surface area contributed by atoms with E-state index < -0.39 is 5.41 Å². The molecule has 0 saturated carbocycles. The maximum atomic E-state index is 13.3. The van der Waals surface area contributed by atoms with E-state index in [9.17, 15) is 4.79 Å². The lowest BCUT2D eigenvalue weighted by Gasteiger charge is -2.42. The van der Waals surface area contributed by atoms with Crippen molar-refractivity contribution in [2.24, 2.45) is 11.3 Å². The zero-order valence-electron chi connectivity index (χ0n) is 17.2. The first-order valence-electron chi connectivity index (χ1n) is 9.85. The molecular formula is C24H32O3. The van der Waals surface area contributed by atoms with Crippen LogP contribution in [0, 0.1) is 11.3 Å². The second kappa shape index (κ2) is 9.59. The van der Waals surface area contributed by atoms with Crippen molar-refractivity contribution in [1.82, 2.24) is 0 Å².